The molecule has 34 heavy (non-hydrogen) atoms. The van der Waals surface area contributed by atoms with E-state index in [0.29, 0.717) is 17.8 Å². The van der Waals surface area contributed by atoms with Crippen LogP contribution in [0.3, 0.4) is 0 Å². The van der Waals surface area contributed by atoms with Gasteiger partial charge in [-0.15, -0.1) is 10.6 Å². The van der Waals surface area contributed by atoms with Gasteiger partial charge in [-0.05, 0) is 48.9 Å². The SMILES string of the molecule is Nc1ccc2c(c1)SC(=CC=CC=C1C(=O)c3ccccc3S1(O)O)N2CCCS(=O)(=O)O.[NaH]. The summed E-state index contributed by atoms with van der Waals surface area (Å²) in [6, 6.07) is 11.9. The van der Waals surface area contributed by atoms with E-state index in [4.69, 9.17) is 10.3 Å². The monoisotopic (exact) mass is 530 g/mol. The van der Waals surface area contributed by atoms with Crippen molar-refractivity contribution in [3.05, 3.63) is 82.3 Å². The van der Waals surface area contributed by atoms with Crippen LogP contribution in [0.2, 0.25) is 0 Å². The Kier molecular flexibility index (Phi) is 8.44. The first-order valence-corrected chi connectivity index (χ1v) is 13.9. The molecule has 0 atom stereocenters. The average Bonchev–Trinajstić information content (AvgIpc) is 3.17. The number of anilines is 2. The number of fused-ring (bicyclic) bond motifs is 2. The van der Waals surface area contributed by atoms with E-state index in [-0.39, 0.29) is 51.5 Å². The number of benzene rings is 2. The van der Waals surface area contributed by atoms with Crippen LogP contribution in [0.1, 0.15) is 16.8 Å². The van der Waals surface area contributed by atoms with Gasteiger partial charge in [-0.25, -0.2) is 0 Å². The number of nitrogens with two attached hydrogens (primary N) is 1. The molecule has 0 radical (unpaired) electrons. The van der Waals surface area contributed by atoms with Gasteiger partial charge in [0.25, 0.3) is 10.1 Å². The van der Waals surface area contributed by atoms with Crippen LogP contribution < -0.4 is 10.6 Å². The Morgan fingerprint density at radius 3 is 2.50 bits per heavy atom. The standard InChI is InChI=1S/C22H22N2O6S3.Na.H/c23-15-10-11-17-18(14-15)31-21(24(17)12-5-13-32(26,27)28)9-4-3-8-20-22(25)16-6-1-2-7-19(16)33(20,29)30;;/h1-4,6-11,14,29-30H,5,12-13,23H2,(H,26,27,28);;. The molecule has 0 amide bonds. The second kappa shape index (κ2) is 10.6. The molecule has 2 heterocycles. The number of carbonyl (C=O) groups is 1. The predicted octanol–water partition coefficient (Wildman–Crippen LogP) is 4.10. The van der Waals surface area contributed by atoms with Crippen molar-refractivity contribution in [1.29, 1.82) is 0 Å². The third-order valence-corrected chi connectivity index (χ3v) is 8.93. The van der Waals surface area contributed by atoms with Gasteiger partial charge < -0.3 is 10.6 Å². The van der Waals surface area contributed by atoms with Gasteiger partial charge in [0.05, 0.1) is 21.4 Å². The van der Waals surface area contributed by atoms with Crippen molar-refractivity contribution in [2.75, 3.05) is 22.9 Å². The molecule has 0 saturated carbocycles. The van der Waals surface area contributed by atoms with E-state index in [1.807, 2.05) is 17.0 Å². The maximum atomic E-state index is 12.6. The molecule has 5 N–H and O–H groups in total. The first-order valence-electron chi connectivity index (χ1n) is 9.89. The summed E-state index contributed by atoms with van der Waals surface area (Å²) >= 11 is 1.45. The second-order valence-electron chi connectivity index (χ2n) is 7.42. The van der Waals surface area contributed by atoms with Gasteiger partial charge in [-0.2, -0.15) is 8.42 Å². The summed E-state index contributed by atoms with van der Waals surface area (Å²) in [6.07, 6.45) is 6.65. The van der Waals surface area contributed by atoms with Crippen molar-refractivity contribution < 1.29 is 26.9 Å². The molecule has 0 aliphatic carbocycles. The summed E-state index contributed by atoms with van der Waals surface area (Å²) in [4.78, 5) is 15.6. The molecule has 0 aromatic heterocycles. The first kappa shape index (κ1) is 27.1. The molecule has 8 nitrogen and oxygen atoms in total. The Labute approximate surface area is 226 Å². The van der Waals surface area contributed by atoms with Gasteiger partial charge in [-0.1, -0.05) is 36.0 Å². The Hall–Kier alpha value is -1.54. The number of hydrogen-bond acceptors (Lipinski definition) is 8. The molecule has 0 spiro atoms. The minimum absolute atomic E-state index is 0. The molecular weight excluding hydrogens is 507 g/mol. The van der Waals surface area contributed by atoms with Crippen LogP contribution in [0, 0.1) is 0 Å². The Morgan fingerprint density at radius 1 is 1.09 bits per heavy atom. The minimum atomic E-state index is -4.06. The van der Waals surface area contributed by atoms with Gasteiger partial charge in [0.15, 0.2) is 0 Å². The zero-order chi connectivity index (χ0) is 23.8. The van der Waals surface area contributed by atoms with Crippen molar-refractivity contribution in [2.24, 2.45) is 0 Å². The first-order chi connectivity index (χ1) is 15.6. The quantitative estimate of drug-likeness (QED) is 0.188. The van der Waals surface area contributed by atoms with Crippen molar-refractivity contribution in [2.45, 2.75) is 16.2 Å². The van der Waals surface area contributed by atoms with Crippen molar-refractivity contribution in [1.82, 2.24) is 0 Å². The van der Waals surface area contributed by atoms with Crippen molar-refractivity contribution >= 4 is 79.2 Å². The summed E-state index contributed by atoms with van der Waals surface area (Å²) in [7, 11) is -7.41. The molecule has 0 fully saturated rings. The maximum absolute atomic E-state index is 12.6. The van der Waals surface area contributed by atoms with E-state index in [1.165, 1.54) is 23.9 Å². The molecule has 2 aromatic carbocycles. The van der Waals surface area contributed by atoms with Gasteiger partial charge in [0, 0.05) is 22.7 Å². The van der Waals surface area contributed by atoms with Crippen LogP contribution in [0.5, 0.6) is 0 Å². The normalized spacial score (nSPS) is 20.0. The van der Waals surface area contributed by atoms with Gasteiger partial charge in [0.2, 0.25) is 5.78 Å². The summed E-state index contributed by atoms with van der Waals surface area (Å²) in [5.41, 5.74) is 7.65. The zero-order valence-corrected chi connectivity index (χ0v) is 19.7. The Morgan fingerprint density at radius 2 is 1.79 bits per heavy atom. The fourth-order valence-electron chi connectivity index (χ4n) is 3.62. The molecule has 4 rings (SSSR count). The number of nitrogens with zero attached hydrogens (tertiary/aromatic N) is 1. The van der Waals surface area contributed by atoms with Crippen LogP contribution in [0.4, 0.5) is 11.4 Å². The molecule has 0 unspecified atom stereocenters. The summed E-state index contributed by atoms with van der Waals surface area (Å²) < 4.78 is 52.3. The number of hydrogen-bond donors (Lipinski definition) is 4. The van der Waals surface area contributed by atoms with E-state index in [0.717, 1.165) is 15.6 Å². The van der Waals surface area contributed by atoms with E-state index in [9.17, 15) is 22.3 Å². The second-order valence-corrected chi connectivity index (χ2v) is 12.0. The number of carbonyl (C=O) groups excluding carboxylic acids is 1. The average molecular weight is 531 g/mol. The summed E-state index contributed by atoms with van der Waals surface area (Å²) in [6.45, 7) is 0.360. The topological polar surface area (TPSA) is 141 Å². The fourth-order valence-corrected chi connectivity index (χ4v) is 6.87. The number of thioether (sulfide) groups is 1. The van der Waals surface area contributed by atoms with E-state index in [2.05, 4.69) is 0 Å². The third-order valence-electron chi connectivity index (χ3n) is 5.11. The van der Waals surface area contributed by atoms with E-state index in [1.54, 1.807) is 42.5 Å². The molecule has 12 heteroatoms. The van der Waals surface area contributed by atoms with Crippen LogP contribution >= 0.6 is 22.4 Å². The van der Waals surface area contributed by atoms with Crippen molar-refractivity contribution in [3.8, 4) is 0 Å². The van der Waals surface area contributed by atoms with Gasteiger partial charge >= 0.3 is 29.6 Å². The zero-order valence-electron chi connectivity index (χ0n) is 17.3. The number of allylic oxidation sites excluding steroid dienone is 5. The van der Waals surface area contributed by atoms with Gasteiger partial charge in [-0.3, -0.25) is 18.5 Å². The molecule has 2 aliphatic rings. The van der Waals surface area contributed by atoms with Crippen molar-refractivity contribution in [3.63, 3.8) is 0 Å². The summed E-state index contributed by atoms with van der Waals surface area (Å²) in [5.74, 6) is -0.762. The molecule has 0 saturated heterocycles. The molecule has 0 bridgehead atoms. The van der Waals surface area contributed by atoms with E-state index < -0.39 is 26.5 Å². The predicted molar refractivity (Wildman–Crippen MR) is 139 cm³/mol. The molecular formula is C22H23N2NaO6S3. The molecule has 2 aromatic rings. The van der Waals surface area contributed by atoms with Crippen LogP contribution in [0.15, 0.2) is 86.5 Å². The van der Waals surface area contributed by atoms with Gasteiger partial charge in [0.1, 0.15) is 4.91 Å². The number of rotatable bonds is 6. The summed E-state index contributed by atoms with van der Waals surface area (Å²) in [5, 5.41) is 0.799. The number of Topliss-reactive ketones (excluding diaryl/α,β-unsaturated/α-hetero) is 1. The molecule has 2 aliphatic heterocycles. The number of nitrogen functional groups attached to an aromatic ring is 1. The third kappa shape index (κ3) is 5.64. The van der Waals surface area contributed by atoms with Crippen LogP contribution in [0.25, 0.3) is 0 Å². The fraction of sp³-hybridized carbons (Fsp3) is 0.136. The van der Waals surface area contributed by atoms with Crippen LogP contribution in [-0.2, 0) is 10.1 Å². The Bertz CT molecular complexity index is 1320. The Balaban J connectivity index is 0.00000324. The molecule has 176 valence electrons. The number of ketones is 1. The van der Waals surface area contributed by atoms with Crippen LogP contribution in [-0.4, -0.2) is 69.7 Å². The van der Waals surface area contributed by atoms with E-state index >= 15 is 0 Å².